The van der Waals surface area contributed by atoms with Crippen molar-refractivity contribution in [3.63, 3.8) is 0 Å². The maximum atomic E-state index is 11.7. The highest BCUT2D eigenvalue weighted by molar-refractivity contribution is 7.90. The first-order chi connectivity index (χ1) is 9.86. The normalized spacial score (nSPS) is 12.0. The number of nitrogens with zero attached hydrogens (tertiary/aromatic N) is 2. The van der Waals surface area contributed by atoms with Gasteiger partial charge in [0.15, 0.2) is 9.84 Å². The van der Waals surface area contributed by atoms with Crippen LogP contribution in [-0.4, -0.2) is 24.2 Å². The topological polar surface area (TPSA) is 52.0 Å². The fraction of sp³-hybridized carbons (Fsp3) is 0.188. The lowest BCUT2D eigenvalue weighted by molar-refractivity contribution is 0.602. The quantitative estimate of drug-likeness (QED) is 0.731. The van der Waals surface area contributed by atoms with Crippen molar-refractivity contribution < 1.29 is 8.42 Å². The summed E-state index contributed by atoms with van der Waals surface area (Å²) in [5, 5.41) is 1.03. The highest BCUT2D eigenvalue weighted by Gasteiger charge is 2.13. The van der Waals surface area contributed by atoms with E-state index in [2.05, 4.69) is 11.1 Å². The van der Waals surface area contributed by atoms with E-state index >= 15 is 0 Å². The summed E-state index contributed by atoms with van der Waals surface area (Å²) in [7, 11) is -1.27. The smallest absolute Gasteiger partial charge is 0.175 e. The minimum atomic E-state index is -3.21. The molecule has 4 nitrogen and oxygen atoms in total. The van der Waals surface area contributed by atoms with Gasteiger partial charge in [-0.15, -0.1) is 0 Å². The molecule has 21 heavy (non-hydrogen) atoms. The zero-order chi connectivity index (χ0) is 15.2. The van der Waals surface area contributed by atoms with Crippen LogP contribution in [0, 0.1) is 6.92 Å². The Morgan fingerprint density at radius 3 is 2.67 bits per heavy atom. The van der Waals surface area contributed by atoms with Gasteiger partial charge in [0, 0.05) is 36.6 Å². The largest absolute Gasteiger partial charge is 0.335 e. The molecule has 2 heterocycles. The predicted molar refractivity (Wildman–Crippen MR) is 84.0 cm³/mol. The Hall–Kier alpha value is -2.14. The molecule has 0 aliphatic carbocycles. The molecule has 3 rings (SSSR count). The summed E-state index contributed by atoms with van der Waals surface area (Å²) < 4.78 is 25.4. The van der Waals surface area contributed by atoms with Crippen molar-refractivity contribution in [2.45, 2.75) is 11.8 Å². The van der Waals surface area contributed by atoms with Crippen LogP contribution in [0.3, 0.4) is 0 Å². The van der Waals surface area contributed by atoms with Gasteiger partial charge in [-0.05, 0) is 36.2 Å². The molecular weight excluding hydrogens is 284 g/mol. The fourth-order valence-electron chi connectivity index (χ4n) is 2.49. The van der Waals surface area contributed by atoms with Crippen LogP contribution in [0.5, 0.6) is 0 Å². The maximum Gasteiger partial charge on any atom is 0.175 e. The third-order valence-electron chi connectivity index (χ3n) is 3.52. The lowest BCUT2D eigenvalue weighted by Gasteiger charge is -2.03. The minimum absolute atomic E-state index is 0.331. The number of rotatable bonds is 2. The zero-order valence-corrected chi connectivity index (χ0v) is 13.0. The van der Waals surface area contributed by atoms with E-state index in [-0.39, 0.29) is 0 Å². The van der Waals surface area contributed by atoms with Gasteiger partial charge >= 0.3 is 0 Å². The second kappa shape index (κ2) is 4.70. The molecule has 0 unspecified atom stereocenters. The first-order valence-corrected chi connectivity index (χ1v) is 8.47. The zero-order valence-electron chi connectivity index (χ0n) is 12.2. The van der Waals surface area contributed by atoms with E-state index in [1.54, 1.807) is 18.2 Å². The van der Waals surface area contributed by atoms with Crippen molar-refractivity contribution in [1.29, 1.82) is 0 Å². The molecule has 0 bridgehead atoms. The summed E-state index contributed by atoms with van der Waals surface area (Å²) in [5.41, 5.74) is 3.85. The van der Waals surface area contributed by atoms with Crippen molar-refractivity contribution in [2.24, 2.45) is 7.05 Å². The third kappa shape index (κ3) is 2.45. The molecule has 0 spiro atoms. The van der Waals surface area contributed by atoms with Crippen molar-refractivity contribution >= 4 is 20.9 Å². The number of aromatic nitrogens is 2. The number of sulfone groups is 1. The number of hydrogen-bond donors (Lipinski definition) is 0. The van der Waals surface area contributed by atoms with E-state index in [1.807, 2.05) is 37.0 Å². The Kier molecular flexibility index (Phi) is 3.10. The molecule has 5 heteroatoms. The molecule has 1 aromatic carbocycles. The number of benzene rings is 1. The van der Waals surface area contributed by atoms with Gasteiger partial charge in [0.05, 0.1) is 4.90 Å². The van der Waals surface area contributed by atoms with Crippen LogP contribution in [0.15, 0.2) is 47.6 Å². The van der Waals surface area contributed by atoms with E-state index < -0.39 is 9.84 Å². The lowest BCUT2D eigenvalue weighted by atomic mass is 10.1. The summed E-state index contributed by atoms with van der Waals surface area (Å²) in [6.07, 6.45) is 5.04. The van der Waals surface area contributed by atoms with Crippen molar-refractivity contribution in [2.75, 3.05) is 6.26 Å². The average Bonchev–Trinajstić information content (AvgIpc) is 2.75. The summed E-state index contributed by atoms with van der Waals surface area (Å²) in [6.45, 7) is 2.00. The van der Waals surface area contributed by atoms with Gasteiger partial charge in [-0.3, -0.25) is 0 Å². The number of aryl methyl sites for hydroxylation is 2. The Morgan fingerprint density at radius 2 is 1.95 bits per heavy atom. The summed E-state index contributed by atoms with van der Waals surface area (Å²) >= 11 is 0. The molecule has 3 aromatic rings. The standard InChI is InChI=1S/C16H16N2O2S/c1-11-7-14-15(10-18(2)16(14)17-9-11)12-5-4-6-13(8-12)21(3,19)20/h4-10H,1-3H3. The maximum absolute atomic E-state index is 11.7. The molecule has 0 radical (unpaired) electrons. The molecule has 0 fully saturated rings. The fourth-order valence-corrected chi connectivity index (χ4v) is 3.16. The molecule has 0 N–H and O–H groups in total. The summed E-state index contributed by atoms with van der Waals surface area (Å²) in [6, 6.07) is 9.10. The Bertz CT molecular complexity index is 940. The van der Waals surface area contributed by atoms with Gasteiger partial charge in [0.1, 0.15) is 5.65 Å². The first-order valence-electron chi connectivity index (χ1n) is 6.58. The van der Waals surface area contributed by atoms with Gasteiger partial charge in [0.25, 0.3) is 0 Å². The van der Waals surface area contributed by atoms with Crippen LogP contribution < -0.4 is 0 Å². The third-order valence-corrected chi connectivity index (χ3v) is 4.63. The van der Waals surface area contributed by atoms with E-state index in [0.717, 1.165) is 27.7 Å². The SMILES string of the molecule is Cc1cnc2c(c1)c(-c1cccc(S(C)(=O)=O)c1)cn2C. The number of pyridine rings is 1. The van der Waals surface area contributed by atoms with Crippen LogP contribution in [-0.2, 0) is 16.9 Å². The molecule has 0 aliphatic rings. The van der Waals surface area contributed by atoms with Gasteiger partial charge in [0.2, 0.25) is 0 Å². The number of hydrogen-bond acceptors (Lipinski definition) is 3. The summed E-state index contributed by atoms with van der Waals surface area (Å²) in [4.78, 5) is 4.77. The molecular formula is C16H16N2O2S. The highest BCUT2D eigenvalue weighted by atomic mass is 32.2. The Morgan fingerprint density at radius 1 is 1.19 bits per heavy atom. The Balaban J connectivity index is 2.28. The van der Waals surface area contributed by atoms with Crippen molar-refractivity contribution in [3.8, 4) is 11.1 Å². The molecule has 108 valence electrons. The van der Waals surface area contributed by atoms with Gasteiger partial charge in [-0.1, -0.05) is 12.1 Å². The van der Waals surface area contributed by atoms with Crippen molar-refractivity contribution in [1.82, 2.24) is 9.55 Å². The van der Waals surface area contributed by atoms with Crippen LogP contribution >= 0.6 is 0 Å². The van der Waals surface area contributed by atoms with Crippen LogP contribution in [0.4, 0.5) is 0 Å². The molecule has 0 saturated carbocycles. The van der Waals surface area contributed by atoms with E-state index in [1.165, 1.54) is 6.26 Å². The second-order valence-electron chi connectivity index (χ2n) is 5.34. The Labute approximate surface area is 124 Å². The van der Waals surface area contributed by atoms with E-state index in [4.69, 9.17) is 0 Å². The van der Waals surface area contributed by atoms with Gasteiger partial charge in [-0.25, -0.2) is 13.4 Å². The summed E-state index contributed by atoms with van der Waals surface area (Å²) in [5.74, 6) is 0. The molecule has 0 atom stereocenters. The first kappa shape index (κ1) is 13.8. The van der Waals surface area contributed by atoms with Crippen LogP contribution in [0.2, 0.25) is 0 Å². The van der Waals surface area contributed by atoms with E-state index in [0.29, 0.717) is 4.90 Å². The molecule has 2 aromatic heterocycles. The molecule has 0 saturated heterocycles. The van der Waals surface area contributed by atoms with Gasteiger partial charge in [-0.2, -0.15) is 0 Å². The minimum Gasteiger partial charge on any atom is -0.335 e. The van der Waals surface area contributed by atoms with Crippen LogP contribution in [0.25, 0.3) is 22.2 Å². The monoisotopic (exact) mass is 300 g/mol. The van der Waals surface area contributed by atoms with Gasteiger partial charge < -0.3 is 4.57 Å². The number of fused-ring (bicyclic) bond motifs is 1. The van der Waals surface area contributed by atoms with E-state index in [9.17, 15) is 8.42 Å². The second-order valence-corrected chi connectivity index (χ2v) is 7.35. The predicted octanol–water partition coefficient (Wildman–Crippen LogP) is 2.95. The highest BCUT2D eigenvalue weighted by Crippen LogP contribution is 2.30. The molecule has 0 amide bonds. The van der Waals surface area contributed by atoms with Crippen molar-refractivity contribution in [3.05, 3.63) is 48.3 Å². The van der Waals surface area contributed by atoms with Crippen LogP contribution in [0.1, 0.15) is 5.56 Å². The lowest BCUT2D eigenvalue weighted by Crippen LogP contribution is -1.96. The molecule has 0 aliphatic heterocycles. The average molecular weight is 300 g/mol.